The van der Waals surface area contributed by atoms with Gasteiger partial charge in [-0.25, -0.2) is 8.78 Å². The van der Waals surface area contributed by atoms with Crippen molar-refractivity contribution in [1.29, 1.82) is 0 Å². The number of fused-ring (bicyclic) bond motifs is 1. The van der Waals surface area contributed by atoms with Crippen LogP contribution < -0.4 is 5.73 Å². The van der Waals surface area contributed by atoms with Gasteiger partial charge in [0.05, 0.1) is 0 Å². The van der Waals surface area contributed by atoms with Crippen molar-refractivity contribution in [2.45, 2.75) is 19.8 Å². The normalized spacial score (nSPS) is 11.1. The average Bonchev–Trinajstić information content (AvgIpc) is 3.10. The Kier molecular flexibility index (Phi) is 4.80. The lowest BCUT2D eigenvalue weighted by molar-refractivity contribution is 0.100. The second-order valence-corrected chi connectivity index (χ2v) is 6.92. The third kappa shape index (κ3) is 3.71. The van der Waals surface area contributed by atoms with Crippen LogP contribution in [0.1, 0.15) is 27.0 Å². The number of aryl methyl sites for hydroxylation is 3. The third-order valence-electron chi connectivity index (χ3n) is 4.92. The van der Waals surface area contributed by atoms with Gasteiger partial charge in [-0.3, -0.25) is 9.20 Å². The molecule has 0 aliphatic carbocycles. The second-order valence-electron chi connectivity index (χ2n) is 6.92. The summed E-state index contributed by atoms with van der Waals surface area (Å²) in [6.07, 6.45) is 2.89. The zero-order valence-electron chi connectivity index (χ0n) is 15.7. The molecule has 0 fully saturated rings. The second kappa shape index (κ2) is 7.43. The number of carbonyl (C=O) groups is 1. The number of benzene rings is 2. The van der Waals surface area contributed by atoms with Crippen molar-refractivity contribution in [3.63, 3.8) is 0 Å². The number of hydrogen-bond acceptors (Lipinski definition) is 3. The number of rotatable bonds is 5. The quantitative estimate of drug-likeness (QED) is 0.560. The standard InChI is InChI=1S/C22H18F2N4O/c1-13-2-5-16(21(25)29)10-18(13)22-27-26-20-9-4-14(12-28(20)22)3-6-15-7-8-17(23)11-19(15)24/h2,4-5,7-12H,3,6H2,1H3,(H2,25,29). The van der Waals surface area contributed by atoms with E-state index in [2.05, 4.69) is 10.2 Å². The van der Waals surface area contributed by atoms with E-state index in [1.807, 2.05) is 35.7 Å². The molecule has 0 bridgehead atoms. The minimum atomic E-state index is -0.588. The number of aromatic nitrogens is 3. The summed E-state index contributed by atoms with van der Waals surface area (Å²) in [5.41, 5.74) is 9.55. The highest BCUT2D eigenvalue weighted by atomic mass is 19.1. The minimum Gasteiger partial charge on any atom is -0.366 e. The van der Waals surface area contributed by atoms with Crippen molar-refractivity contribution in [2.75, 3.05) is 0 Å². The molecule has 0 saturated heterocycles. The SMILES string of the molecule is Cc1ccc(C(N)=O)cc1-c1nnc2ccc(CCc3ccc(F)cc3F)cn12. The highest BCUT2D eigenvalue weighted by Crippen LogP contribution is 2.24. The van der Waals surface area contributed by atoms with Gasteiger partial charge in [0.25, 0.3) is 0 Å². The highest BCUT2D eigenvalue weighted by Gasteiger charge is 2.14. The molecule has 0 saturated carbocycles. The average molecular weight is 392 g/mol. The molecular formula is C22H18F2N4O. The van der Waals surface area contributed by atoms with Crippen molar-refractivity contribution >= 4 is 11.6 Å². The van der Waals surface area contributed by atoms with Crippen LogP contribution in [-0.4, -0.2) is 20.5 Å². The van der Waals surface area contributed by atoms with Gasteiger partial charge in [-0.1, -0.05) is 18.2 Å². The number of hydrogen-bond donors (Lipinski definition) is 1. The minimum absolute atomic E-state index is 0.394. The van der Waals surface area contributed by atoms with E-state index >= 15 is 0 Å². The Labute approximate surface area is 165 Å². The van der Waals surface area contributed by atoms with Gasteiger partial charge < -0.3 is 5.73 Å². The summed E-state index contributed by atoms with van der Waals surface area (Å²) in [6.45, 7) is 1.92. The third-order valence-corrected chi connectivity index (χ3v) is 4.92. The summed E-state index contributed by atoms with van der Waals surface area (Å²) in [4.78, 5) is 11.5. The first-order valence-electron chi connectivity index (χ1n) is 9.11. The zero-order valence-corrected chi connectivity index (χ0v) is 15.7. The lowest BCUT2D eigenvalue weighted by Crippen LogP contribution is -2.11. The number of primary amides is 1. The van der Waals surface area contributed by atoms with E-state index in [4.69, 9.17) is 5.73 Å². The Hall–Kier alpha value is -3.61. The number of amides is 1. The summed E-state index contributed by atoms with van der Waals surface area (Å²) in [6, 6.07) is 12.5. The zero-order chi connectivity index (χ0) is 20.5. The molecule has 7 heteroatoms. The van der Waals surface area contributed by atoms with Gasteiger partial charge in [0.2, 0.25) is 5.91 Å². The Morgan fingerprint density at radius 2 is 1.86 bits per heavy atom. The molecule has 146 valence electrons. The monoisotopic (exact) mass is 392 g/mol. The van der Waals surface area contributed by atoms with Crippen molar-refractivity contribution < 1.29 is 13.6 Å². The first-order chi connectivity index (χ1) is 13.9. The first kappa shape index (κ1) is 18.7. The van der Waals surface area contributed by atoms with Crippen LogP contribution in [0.4, 0.5) is 8.78 Å². The molecule has 0 aliphatic rings. The van der Waals surface area contributed by atoms with Gasteiger partial charge in [0.15, 0.2) is 11.5 Å². The molecule has 2 aromatic carbocycles. The molecule has 2 N–H and O–H groups in total. The smallest absolute Gasteiger partial charge is 0.248 e. The molecule has 4 rings (SSSR count). The van der Waals surface area contributed by atoms with E-state index < -0.39 is 17.5 Å². The molecule has 4 aromatic rings. The van der Waals surface area contributed by atoms with Gasteiger partial charge in [0.1, 0.15) is 11.6 Å². The lowest BCUT2D eigenvalue weighted by Gasteiger charge is -2.08. The lowest BCUT2D eigenvalue weighted by atomic mass is 10.0. The predicted octanol–water partition coefficient (Wildman–Crippen LogP) is 3.87. The van der Waals surface area contributed by atoms with E-state index in [9.17, 15) is 13.6 Å². The largest absolute Gasteiger partial charge is 0.366 e. The summed E-state index contributed by atoms with van der Waals surface area (Å²) < 4.78 is 28.8. The molecule has 0 atom stereocenters. The molecule has 5 nitrogen and oxygen atoms in total. The predicted molar refractivity (Wildman–Crippen MR) is 105 cm³/mol. The van der Waals surface area contributed by atoms with E-state index in [0.717, 1.165) is 22.8 Å². The summed E-state index contributed by atoms with van der Waals surface area (Å²) >= 11 is 0. The van der Waals surface area contributed by atoms with Gasteiger partial charge >= 0.3 is 0 Å². The summed E-state index contributed by atoms with van der Waals surface area (Å²) in [5.74, 6) is -1.05. The van der Waals surface area contributed by atoms with E-state index in [-0.39, 0.29) is 0 Å². The molecular weight excluding hydrogens is 374 g/mol. The molecule has 2 aromatic heterocycles. The van der Waals surface area contributed by atoms with Crippen LogP contribution in [0.15, 0.2) is 54.7 Å². The molecule has 0 spiro atoms. The Morgan fingerprint density at radius 3 is 2.62 bits per heavy atom. The fraction of sp³-hybridized carbons (Fsp3) is 0.136. The van der Waals surface area contributed by atoms with Crippen molar-refractivity contribution in [2.24, 2.45) is 5.73 Å². The fourth-order valence-electron chi connectivity index (χ4n) is 3.29. The van der Waals surface area contributed by atoms with E-state index in [0.29, 0.717) is 35.4 Å². The summed E-state index contributed by atoms with van der Waals surface area (Å²) in [7, 11) is 0. The number of nitrogens with zero attached hydrogens (tertiary/aromatic N) is 3. The maximum Gasteiger partial charge on any atom is 0.248 e. The number of carbonyl (C=O) groups excluding carboxylic acids is 1. The molecule has 0 radical (unpaired) electrons. The molecule has 0 aliphatic heterocycles. The Morgan fingerprint density at radius 1 is 1.03 bits per heavy atom. The first-order valence-corrected chi connectivity index (χ1v) is 9.11. The highest BCUT2D eigenvalue weighted by molar-refractivity contribution is 5.94. The van der Waals surface area contributed by atoms with Crippen LogP contribution >= 0.6 is 0 Å². The van der Waals surface area contributed by atoms with Gasteiger partial charge in [-0.15, -0.1) is 10.2 Å². The van der Waals surface area contributed by atoms with Crippen LogP contribution in [0.5, 0.6) is 0 Å². The fourth-order valence-corrected chi connectivity index (χ4v) is 3.29. The number of pyridine rings is 1. The van der Waals surface area contributed by atoms with Crippen LogP contribution in [0, 0.1) is 18.6 Å². The van der Waals surface area contributed by atoms with Crippen LogP contribution in [0.3, 0.4) is 0 Å². The van der Waals surface area contributed by atoms with Gasteiger partial charge in [-0.2, -0.15) is 0 Å². The van der Waals surface area contributed by atoms with Crippen molar-refractivity contribution in [3.8, 4) is 11.4 Å². The van der Waals surface area contributed by atoms with Gasteiger partial charge in [-0.05, 0) is 60.7 Å². The number of halogens is 2. The van der Waals surface area contributed by atoms with Crippen LogP contribution in [-0.2, 0) is 12.8 Å². The van der Waals surface area contributed by atoms with Crippen molar-refractivity contribution in [1.82, 2.24) is 14.6 Å². The maximum absolute atomic E-state index is 13.9. The Bertz CT molecular complexity index is 1230. The molecule has 29 heavy (non-hydrogen) atoms. The van der Waals surface area contributed by atoms with Gasteiger partial charge in [0, 0.05) is 23.4 Å². The molecule has 0 unspecified atom stereocenters. The van der Waals surface area contributed by atoms with Crippen molar-refractivity contribution in [3.05, 3.63) is 88.6 Å². The molecule has 1 amide bonds. The number of nitrogens with two attached hydrogens (primary N) is 1. The van der Waals surface area contributed by atoms with Crippen LogP contribution in [0.25, 0.3) is 17.0 Å². The van der Waals surface area contributed by atoms with E-state index in [1.54, 1.807) is 12.1 Å². The topological polar surface area (TPSA) is 73.3 Å². The summed E-state index contributed by atoms with van der Waals surface area (Å²) in [5, 5.41) is 8.46. The molecule has 2 heterocycles. The maximum atomic E-state index is 13.9. The Balaban J connectivity index is 1.68. The van der Waals surface area contributed by atoms with E-state index in [1.165, 1.54) is 12.1 Å². The van der Waals surface area contributed by atoms with Crippen LogP contribution in [0.2, 0.25) is 0 Å².